The molecule has 5 rings (SSSR count). The third-order valence-electron chi connectivity index (χ3n) is 6.20. The van der Waals surface area contributed by atoms with E-state index in [1.54, 1.807) is 25.1 Å². The summed E-state index contributed by atoms with van der Waals surface area (Å²) in [7, 11) is -3.67. The number of nitrogens with zero attached hydrogens (tertiary/aromatic N) is 3. The molecule has 4 aromatic rings. The van der Waals surface area contributed by atoms with Crippen molar-refractivity contribution in [2.75, 3.05) is 36.9 Å². The molecule has 0 atom stereocenters. The Bertz CT molecular complexity index is 1570. The second-order valence-corrected chi connectivity index (χ2v) is 10.7. The number of amides is 1. The maximum atomic E-state index is 13.4. The molecule has 1 saturated heterocycles. The van der Waals surface area contributed by atoms with Crippen molar-refractivity contribution in [1.82, 2.24) is 14.5 Å². The summed E-state index contributed by atoms with van der Waals surface area (Å²) < 4.78 is 33.6. The van der Waals surface area contributed by atoms with Crippen LogP contribution in [0, 0.1) is 6.92 Å². The Morgan fingerprint density at radius 1 is 0.919 bits per heavy atom. The Kier molecular flexibility index (Phi) is 6.88. The highest BCUT2D eigenvalue weighted by atomic mass is 32.2. The molecule has 190 valence electrons. The second-order valence-electron chi connectivity index (χ2n) is 8.82. The van der Waals surface area contributed by atoms with Crippen molar-refractivity contribution in [2.24, 2.45) is 0 Å². The third-order valence-corrected chi connectivity index (χ3v) is 8.25. The molecule has 0 spiro atoms. The number of aryl methyl sites for hydroxylation is 1. The van der Waals surface area contributed by atoms with Gasteiger partial charge in [0.25, 0.3) is 0 Å². The van der Waals surface area contributed by atoms with Crippen LogP contribution in [0.5, 0.6) is 0 Å². The quantitative estimate of drug-likeness (QED) is 0.391. The van der Waals surface area contributed by atoms with Gasteiger partial charge in [-0.25, -0.2) is 8.42 Å². The molecule has 1 aromatic heterocycles. The number of benzene rings is 3. The van der Waals surface area contributed by atoms with E-state index in [2.05, 4.69) is 20.8 Å². The van der Waals surface area contributed by atoms with Crippen LogP contribution in [-0.4, -0.2) is 55.1 Å². The molecule has 1 amide bonds. The van der Waals surface area contributed by atoms with E-state index in [1.165, 1.54) is 11.2 Å². The number of sulfonamides is 1. The van der Waals surface area contributed by atoms with Gasteiger partial charge in [0.15, 0.2) is 5.82 Å². The van der Waals surface area contributed by atoms with E-state index in [4.69, 9.17) is 4.74 Å². The molecule has 2 N–H and O–H groups in total. The van der Waals surface area contributed by atoms with Crippen molar-refractivity contribution in [3.63, 3.8) is 0 Å². The van der Waals surface area contributed by atoms with Crippen LogP contribution in [0.1, 0.15) is 12.5 Å². The Labute approximate surface area is 215 Å². The summed E-state index contributed by atoms with van der Waals surface area (Å²) in [5.41, 5.74) is 3.43. The van der Waals surface area contributed by atoms with Gasteiger partial charge in [-0.2, -0.15) is 4.31 Å². The lowest BCUT2D eigenvalue weighted by Gasteiger charge is -2.26. The van der Waals surface area contributed by atoms with E-state index in [0.717, 1.165) is 16.5 Å². The lowest BCUT2D eigenvalue weighted by molar-refractivity contribution is -0.114. The molecule has 10 heteroatoms. The monoisotopic (exact) mass is 517 g/mol. The van der Waals surface area contributed by atoms with Gasteiger partial charge in [-0.1, -0.05) is 36.4 Å². The fourth-order valence-corrected chi connectivity index (χ4v) is 6.00. The first-order chi connectivity index (χ1) is 17.8. The largest absolute Gasteiger partial charge is 0.379 e. The van der Waals surface area contributed by atoms with Gasteiger partial charge < -0.3 is 15.4 Å². The highest BCUT2D eigenvalue weighted by molar-refractivity contribution is 7.89. The molecule has 1 aliphatic heterocycles. The molecule has 0 unspecified atom stereocenters. The number of rotatable bonds is 6. The summed E-state index contributed by atoms with van der Waals surface area (Å²) in [4.78, 5) is 11.5. The van der Waals surface area contributed by atoms with Crippen LogP contribution < -0.4 is 10.6 Å². The smallest absolute Gasteiger partial charge is 0.243 e. The van der Waals surface area contributed by atoms with E-state index < -0.39 is 10.0 Å². The summed E-state index contributed by atoms with van der Waals surface area (Å²) >= 11 is 0. The number of carbonyl (C=O) groups is 1. The average molecular weight is 518 g/mol. The molecule has 0 radical (unpaired) electrons. The van der Waals surface area contributed by atoms with Crippen LogP contribution in [0.4, 0.5) is 17.2 Å². The minimum absolute atomic E-state index is 0.134. The van der Waals surface area contributed by atoms with E-state index in [0.29, 0.717) is 54.6 Å². The Morgan fingerprint density at radius 2 is 1.59 bits per heavy atom. The maximum absolute atomic E-state index is 13.4. The molecule has 2 heterocycles. The second kappa shape index (κ2) is 10.3. The number of fused-ring (bicyclic) bond motifs is 1. The minimum atomic E-state index is -3.67. The van der Waals surface area contributed by atoms with Gasteiger partial charge in [-0.3, -0.25) is 4.79 Å². The van der Waals surface area contributed by atoms with Gasteiger partial charge in [0.2, 0.25) is 15.9 Å². The molecule has 3 aromatic carbocycles. The van der Waals surface area contributed by atoms with Crippen molar-refractivity contribution in [3.05, 3.63) is 72.3 Å². The van der Waals surface area contributed by atoms with E-state index in [1.807, 2.05) is 48.5 Å². The summed E-state index contributed by atoms with van der Waals surface area (Å²) in [5.74, 6) is 0.435. The Morgan fingerprint density at radius 3 is 2.30 bits per heavy atom. The average Bonchev–Trinajstić information content (AvgIpc) is 2.90. The van der Waals surface area contributed by atoms with Crippen molar-refractivity contribution in [3.8, 4) is 11.3 Å². The zero-order chi connectivity index (χ0) is 26.0. The lowest BCUT2D eigenvalue weighted by Crippen LogP contribution is -2.40. The van der Waals surface area contributed by atoms with Gasteiger partial charge in [0.1, 0.15) is 5.69 Å². The van der Waals surface area contributed by atoms with E-state index in [9.17, 15) is 13.2 Å². The number of nitrogens with one attached hydrogen (secondary N) is 2. The van der Waals surface area contributed by atoms with Crippen LogP contribution in [0.25, 0.3) is 22.0 Å². The number of hydrogen-bond donors (Lipinski definition) is 2. The van der Waals surface area contributed by atoms with Crippen LogP contribution in [0.15, 0.2) is 71.6 Å². The summed E-state index contributed by atoms with van der Waals surface area (Å²) in [6.45, 7) is 4.70. The topological polar surface area (TPSA) is 114 Å². The SMILES string of the molecule is CC(=O)Nc1ccc(Nc2nnc(-c3ccc(C)c(S(=O)(=O)N4CCOCC4)c3)c3ccccc23)cc1. The first-order valence-corrected chi connectivity index (χ1v) is 13.4. The van der Waals surface area contributed by atoms with Crippen molar-refractivity contribution in [2.45, 2.75) is 18.7 Å². The number of anilines is 3. The summed E-state index contributed by atoms with van der Waals surface area (Å²) in [6, 6.07) is 20.4. The van der Waals surface area contributed by atoms with Crippen molar-refractivity contribution in [1.29, 1.82) is 0 Å². The number of morpholine rings is 1. The van der Waals surface area contributed by atoms with Gasteiger partial charge in [0.05, 0.1) is 18.1 Å². The normalized spacial score (nSPS) is 14.4. The predicted octanol–water partition coefficient (Wildman–Crippen LogP) is 4.33. The molecular formula is C27H27N5O4S. The van der Waals surface area contributed by atoms with E-state index >= 15 is 0 Å². The highest BCUT2D eigenvalue weighted by Gasteiger charge is 2.28. The fraction of sp³-hybridized carbons (Fsp3) is 0.222. The number of carbonyl (C=O) groups excluding carboxylic acids is 1. The Hall–Kier alpha value is -3.86. The third kappa shape index (κ3) is 5.17. The van der Waals surface area contributed by atoms with Gasteiger partial charge >= 0.3 is 0 Å². The van der Waals surface area contributed by atoms with Crippen LogP contribution in [0.3, 0.4) is 0 Å². The number of ether oxygens (including phenoxy) is 1. The van der Waals surface area contributed by atoms with Crippen LogP contribution in [0.2, 0.25) is 0 Å². The molecule has 9 nitrogen and oxygen atoms in total. The van der Waals surface area contributed by atoms with Crippen molar-refractivity contribution < 1.29 is 17.9 Å². The zero-order valence-electron chi connectivity index (χ0n) is 20.6. The first-order valence-electron chi connectivity index (χ1n) is 11.9. The number of aromatic nitrogens is 2. The molecular weight excluding hydrogens is 490 g/mol. The maximum Gasteiger partial charge on any atom is 0.243 e. The zero-order valence-corrected chi connectivity index (χ0v) is 21.4. The van der Waals surface area contributed by atoms with E-state index in [-0.39, 0.29) is 10.8 Å². The summed E-state index contributed by atoms with van der Waals surface area (Å²) in [5, 5.41) is 16.7. The standard InChI is InChI=1S/C27H27N5O4S/c1-18-7-8-20(17-25(18)37(34,35)32-13-15-36-16-14-32)26-23-5-3-4-6-24(23)27(31-30-26)29-22-11-9-21(10-12-22)28-19(2)33/h3-12,17H,13-16H2,1-2H3,(H,28,33)(H,29,31). The van der Waals surface area contributed by atoms with Gasteiger partial charge in [0, 0.05) is 47.7 Å². The van der Waals surface area contributed by atoms with Gasteiger partial charge in [-0.15, -0.1) is 10.2 Å². The molecule has 0 saturated carbocycles. The Balaban J connectivity index is 1.51. The highest BCUT2D eigenvalue weighted by Crippen LogP contribution is 2.33. The molecule has 37 heavy (non-hydrogen) atoms. The molecule has 0 aliphatic carbocycles. The first kappa shape index (κ1) is 24.8. The lowest BCUT2D eigenvalue weighted by atomic mass is 10.0. The van der Waals surface area contributed by atoms with Crippen LogP contribution >= 0.6 is 0 Å². The van der Waals surface area contributed by atoms with Gasteiger partial charge in [-0.05, 0) is 42.8 Å². The predicted molar refractivity (Wildman–Crippen MR) is 143 cm³/mol. The summed E-state index contributed by atoms with van der Waals surface area (Å²) in [6.07, 6.45) is 0. The van der Waals surface area contributed by atoms with Crippen molar-refractivity contribution >= 4 is 43.9 Å². The minimum Gasteiger partial charge on any atom is -0.379 e. The molecule has 1 fully saturated rings. The van der Waals surface area contributed by atoms with Crippen LogP contribution in [-0.2, 0) is 19.6 Å². The molecule has 0 bridgehead atoms. The molecule has 1 aliphatic rings. The fourth-order valence-electron chi connectivity index (χ4n) is 4.34. The number of hydrogen-bond acceptors (Lipinski definition) is 7.